The molecule has 5 heteroatoms. The second kappa shape index (κ2) is 4.54. The van der Waals surface area contributed by atoms with Crippen molar-refractivity contribution in [2.75, 3.05) is 0 Å². The van der Waals surface area contributed by atoms with Crippen LogP contribution in [0, 0.1) is 0 Å². The molecule has 0 bridgehead atoms. The number of hydrogen-bond acceptors (Lipinski definition) is 2. The molecule has 1 aromatic heterocycles. The number of hydrogen-bond donors (Lipinski definition) is 0. The van der Waals surface area contributed by atoms with Gasteiger partial charge in [0.15, 0.2) is 0 Å². The molecular formula is C6H4Cl3NO. The van der Waals surface area contributed by atoms with Crippen LogP contribution in [0.4, 0.5) is 0 Å². The van der Waals surface area contributed by atoms with Crippen molar-refractivity contribution >= 4 is 40.9 Å². The predicted molar refractivity (Wildman–Crippen MR) is 46.7 cm³/mol. The minimum atomic E-state index is -0.585. The lowest BCUT2D eigenvalue weighted by atomic mass is 10.3. The average molecular weight is 212 g/mol. The number of halogens is 3. The third-order valence-corrected chi connectivity index (χ3v) is 1.48. The second-order valence-electron chi connectivity index (χ2n) is 1.62. The molecule has 0 aliphatic carbocycles. The highest BCUT2D eigenvalue weighted by atomic mass is 35.5. The molecule has 0 saturated heterocycles. The normalized spacial score (nSPS) is 8.55. The quantitative estimate of drug-likeness (QED) is 0.529. The maximum absolute atomic E-state index is 10.5. The van der Waals surface area contributed by atoms with E-state index in [1.807, 2.05) is 0 Å². The smallest absolute Gasteiger partial charge is 0.255 e. The Morgan fingerprint density at radius 2 is 2.18 bits per heavy atom. The SMILES string of the molecule is Cl.O=C(Cl)c1cccnc1Cl. The van der Waals surface area contributed by atoms with Crippen molar-refractivity contribution in [2.45, 2.75) is 0 Å². The number of nitrogens with zero attached hydrogens (tertiary/aromatic N) is 1. The molecule has 0 atom stereocenters. The van der Waals surface area contributed by atoms with Gasteiger partial charge in [-0.3, -0.25) is 4.79 Å². The Labute approximate surface area is 79.9 Å². The number of aromatic nitrogens is 1. The summed E-state index contributed by atoms with van der Waals surface area (Å²) in [6.45, 7) is 0. The van der Waals surface area contributed by atoms with Gasteiger partial charge in [-0.1, -0.05) is 11.6 Å². The summed E-state index contributed by atoms with van der Waals surface area (Å²) >= 11 is 10.6. The van der Waals surface area contributed by atoms with Crippen molar-refractivity contribution in [3.05, 3.63) is 29.0 Å². The monoisotopic (exact) mass is 211 g/mol. The summed E-state index contributed by atoms with van der Waals surface area (Å²) in [7, 11) is 0. The van der Waals surface area contributed by atoms with Gasteiger partial charge in [0.2, 0.25) is 0 Å². The first-order valence-corrected chi connectivity index (χ1v) is 3.28. The topological polar surface area (TPSA) is 30.0 Å². The molecule has 0 aliphatic rings. The zero-order chi connectivity index (χ0) is 7.56. The lowest BCUT2D eigenvalue weighted by Gasteiger charge is -1.92. The summed E-state index contributed by atoms with van der Waals surface area (Å²) in [6.07, 6.45) is 1.49. The molecule has 0 N–H and O–H groups in total. The molecule has 2 nitrogen and oxygen atoms in total. The van der Waals surface area contributed by atoms with Crippen molar-refractivity contribution in [3.8, 4) is 0 Å². The number of carbonyl (C=O) groups is 1. The molecule has 0 spiro atoms. The van der Waals surface area contributed by atoms with Crippen LogP contribution in [0.15, 0.2) is 18.3 Å². The summed E-state index contributed by atoms with van der Waals surface area (Å²) in [5.41, 5.74) is 0.242. The van der Waals surface area contributed by atoms with Gasteiger partial charge < -0.3 is 0 Å². The highest BCUT2D eigenvalue weighted by molar-refractivity contribution is 6.68. The minimum Gasteiger partial charge on any atom is -0.275 e. The van der Waals surface area contributed by atoms with Gasteiger partial charge in [-0.15, -0.1) is 12.4 Å². The summed E-state index contributed by atoms with van der Waals surface area (Å²) in [6, 6.07) is 3.12. The highest BCUT2D eigenvalue weighted by Crippen LogP contribution is 2.13. The van der Waals surface area contributed by atoms with Gasteiger partial charge in [-0.25, -0.2) is 4.98 Å². The summed E-state index contributed by atoms with van der Waals surface area (Å²) in [5.74, 6) is 0. The van der Waals surface area contributed by atoms with Gasteiger partial charge in [0.25, 0.3) is 5.24 Å². The molecular weight excluding hydrogens is 208 g/mol. The van der Waals surface area contributed by atoms with E-state index in [4.69, 9.17) is 23.2 Å². The van der Waals surface area contributed by atoms with Crippen LogP contribution in [0.25, 0.3) is 0 Å². The largest absolute Gasteiger partial charge is 0.275 e. The van der Waals surface area contributed by atoms with E-state index in [1.54, 1.807) is 6.07 Å². The molecule has 0 radical (unpaired) electrons. The predicted octanol–water partition coefficient (Wildman–Crippen LogP) is 2.54. The average Bonchev–Trinajstić information content (AvgIpc) is 1.88. The van der Waals surface area contributed by atoms with Gasteiger partial charge in [-0.05, 0) is 23.7 Å². The number of rotatable bonds is 1. The van der Waals surface area contributed by atoms with Crippen LogP contribution in [0.1, 0.15) is 10.4 Å². The fourth-order valence-corrected chi connectivity index (χ4v) is 0.939. The molecule has 0 saturated carbocycles. The van der Waals surface area contributed by atoms with Crippen LogP contribution in [0.3, 0.4) is 0 Å². The first-order chi connectivity index (χ1) is 4.72. The van der Waals surface area contributed by atoms with Gasteiger partial charge in [0, 0.05) is 6.20 Å². The summed E-state index contributed by atoms with van der Waals surface area (Å²) in [5, 5.41) is -0.444. The third-order valence-electron chi connectivity index (χ3n) is 0.971. The Hall–Kier alpha value is -0.310. The summed E-state index contributed by atoms with van der Waals surface area (Å²) in [4.78, 5) is 14.2. The molecule has 1 heterocycles. The van der Waals surface area contributed by atoms with Crippen LogP contribution in [-0.2, 0) is 0 Å². The molecule has 0 fully saturated rings. The Kier molecular flexibility index (Phi) is 4.42. The highest BCUT2D eigenvalue weighted by Gasteiger charge is 2.05. The van der Waals surface area contributed by atoms with E-state index in [0.29, 0.717) is 0 Å². The number of carbonyl (C=O) groups excluding carboxylic acids is 1. The van der Waals surface area contributed by atoms with Crippen molar-refractivity contribution in [2.24, 2.45) is 0 Å². The third kappa shape index (κ3) is 2.66. The molecule has 0 aliphatic heterocycles. The molecule has 11 heavy (non-hydrogen) atoms. The van der Waals surface area contributed by atoms with E-state index >= 15 is 0 Å². The van der Waals surface area contributed by atoms with Crippen LogP contribution in [0.5, 0.6) is 0 Å². The van der Waals surface area contributed by atoms with Crippen molar-refractivity contribution in [1.29, 1.82) is 0 Å². The fraction of sp³-hybridized carbons (Fsp3) is 0. The maximum Gasteiger partial charge on any atom is 0.255 e. The molecule has 1 rings (SSSR count). The van der Waals surface area contributed by atoms with E-state index in [2.05, 4.69) is 4.98 Å². The second-order valence-corrected chi connectivity index (χ2v) is 2.32. The molecule has 0 unspecified atom stereocenters. The Bertz CT molecular complexity index is 264. The Morgan fingerprint density at radius 3 is 2.55 bits per heavy atom. The van der Waals surface area contributed by atoms with Gasteiger partial charge in [-0.2, -0.15) is 0 Å². The van der Waals surface area contributed by atoms with E-state index in [-0.39, 0.29) is 23.1 Å². The van der Waals surface area contributed by atoms with E-state index < -0.39 is 5.24 Å². The van der Waals surface area contributed by atoms with E-state index in [9.17, 15) is 4.79 Å². The maximum atomic E-state index is 10.5. The van der Waals surface area contributed by atoms with E-state index in [1.165, 1.54) is 12.3 Å². The van der Waals surface area contributed by atoms with Gasteiger partial charge in [0.05, 0.1) is 5.56 Å². The van der Waals surface area contributed by atoms with Crippen LogP contribution in [-0.4, -0.2) is 10.2 Å². The van der Waals surface area contributed by atoms with Crippen LogP contribution < -0.4 is 0 Å². The lowest BCUT2D eigenvalue weighted by molar-refractivity contribution is 0.108. The van der Waals surface area contributed by atoms with Gasteiger partial charge in [0.1, 0.15) is 5.15 Å². The molecule has 0 aromatic carbocycles. The summed E-state index contributed by atoms with van der Waals surface area (Å²) < 4.78 is 0. The Balaban J connectivity index is 0.000001000. The standard InChI is InChI=1S/C6H3Cl2NO.ClH/c7-5-4(6(8)10)2-1-3-9-5;/h1-3H;1H. The lowest BCUT2D eigenvalue weighted by Crippen LogP contribution is -1.90. The van der Waals surface area contributed by atoms with Gasteiger partial charge >= 0.3 is 0 Å². The van der Waals surface area contributed by atoms with Crippen LogP contribution in [0.2, 0.25) is 5.15 Å². The number of pyridine rings is 1. The molecule has 0 amide bonds. The minimum absolute atomic E-state index is 0. The van der Waals surface area contributed by atoms with E-state index in [0.717, 1.165) is 0 Å². The van der Waals surface area contributed by atoms with Crippen LogP contribution >= 0.6 is 35.6 Å². The fourth-order valence-electron chi connectivity index (χ4n) is 0.533. The van der Waals surface area contributed by atoms with Crippen molar-refractivity contribution < 1.29 is 4.79 Å². The van der Waals surface area contributed by atoms with Crippen molar-refractivity contribution in [3.63, 3.8) is 0 Å². The first kappa shape index (κ1) is 10.7. The Morgan fingerprint density at radius 1 is 1.55 bits per heavy atom. The first-order valence-electron chi connectivity index (χ1n) is 2.52. The zero-order valence-electron chi connectivity index (χ0n) is 5.25. The molecule has 60 valence electrons. The zero-order valence-corrected chi connectivity index (χ0v) is 7.58. The molecule has 1 aromatic rings. The van der Waals surface area contributed by atoms with Crippen molar-refractivity contribution in [1.82, 2.24) is 4.98 Å².